The number of aromatic nitrogens is 2. The van der Waals surface area contributed by atoms with E-state index in [1.54, 1.807) is 25.6 Å². The van der Waals surface area contributed by atoms with Gasteiger partial charge in [0.1, 0.15) is 11.4 Å². The number of imidazole rings is 1. The molecular weight excluding hydrogens is 348 g/mol. The largest absolute Gasteiger partial charge is 0.493 e. The Kier molecular flexibility index (Phi) is 4.18. The van der Waals surface area contributed by atoms with Crippen molar-refractivity contribution in [2.24, 2.45) is 0 Å². The number of hydrogen-bond donors (Lipinski definition) is 0. The van der Waals surface area contributed by atoms with Gasteiger partial charge in [0.25, 0.3) is 0 Å². The molecule has 0 N–H and O–H groups in total. The van der Waals surface area contributed by atoms with E-state index in [0.717, 1.165) is 27.3 Å². The van der Waals surface area contributed by atoms with Gasteiger partial charge < -0.3 is 9.47 Å². The lowest BCUT2D eigenvalue weighted by Crippen LogP contribution is -1.93. The molecule has 2 aromatic heterocycles. The van der Waals surface area contributed by atoms with E-state index in [0.29, 0.717) is 22.9 Å². The summed E-state index contributed by atoms with van der Waals surface area (Å²) in [7, 11) is 3.17. The van der Waals surface area contributed by atoms with Crippen LogP contribution in [0.4, 0.5) is 0 Å². The Labute approximate surface area is 154 Å². The number of rotatable bonds is 5. The highest BCUT2D eigenvalue weighted by Crippen LogP contribution is 2.36. The highest BCUT2D eigenvalue weighted by molar-refractivity contribution is 7.20. The minimum absolute atomic E-state index is 0.519. The van der Waals surface area contributed by atoms with Gasteiger partial charge in [-0.2, -0.15) is 0 Å². The SMILES string of the molecule is COc1ccc(-c2nc3sc(-c4ccccc4)cn3c2C=O)cc1OC. The van der Waals surface area contributed by atoms with Crippen molar-refractivity contribution in [1.29, 1.82) is 0 Å². The van der Waals surface area contributed by atoms with Crippen LogP contribution in [0.1, 0.15) is 10.5 Å². The summed E-state index contributed by atoms with van der Waals surface area (Å²) in [6.07, 6.45) is 2.80. The number of methoxy groups -OCH3 is 2. The van der Waals surface area contributed by atoms with Crippen molar-refractivity contribution in [2.45, 2.75) is 0 Å². The molecule has 0 fully saturated rings. The standard InChI is InChI=1S/C20H16N2O3S/c1-24-16-9-8-14(10-17(16)25-2)19-15(12-23)22-11-18(26-20(22)21-19)13-6-4-3-5-7-13/h3-12H,1-2H3. The normalized spacial score (nSPS) is 10.8. The first-order chi connectivity index (χ1) is 12.7. The molecule has 4 aromatic rings. The first kappa shape index (κ1) is 16.4. The smallest absolute Gasteiger partial charge is 0.195 e. The zero-order valence-electron chi connectivity index (χ0n) is 14.3. The Hall–Kier alpha value is -3.12. The van der Waals surface area contributed by atoms with E-state index in [1.165, 1.54) is 0 Å². The number of carbonyl (C=O) groups is 1. The lowest BCUT2D eigenvalue weighted by molar-refractivity contribution is 0.111. The molecule has 0 radical (unpaired) electrons. The number of aldehydes is 1. The first-order valence-corrected chi connectivity index (χ1v) is 8.81. The number of ether oxygens (including phenoxy) is 2. The van der Waals surface area contributed by atoms with Crippen molar-refractivity contribution < 1.29 is 14.3 Å². The third kappa shape index (κ3) is 2.64. The molecule has 2 aromatic carbocycles. The molecule has 2 heterocycles. The number of fused-ring (bicyclic) bond motifs is 1. The van der Waals surface area contributed by atoms with Crippen molar-refractivity contribution in [3.05, 3.63) is 60.4 Å². The van der Waals surface area contributed by atoms with Crippen LogP contribution in [0.5, 0.6) is 11.5 Å². The Bertz CT molecular complexity index is 1080. The highest BCUT2D eigenvalue weighted by Gasteiger charge is 2.18. The van der Waals surface area contributed by atoms with E-state index >= 15 is 0 Å². The molecule has 0 aliphatic carbocycles. The fourth-order valence-corrected chi connectivity index (χ4v) is 3.90. The van der Waals surface area contributed by atoms with Crippen molar-refractivity contribution >= 4 is 22.6 Å². The molecule has 0 atom stereocenters. The van der Waals surface area contributed by atoms with E-state index in [2.05, 4.69) is 4.98 Å². The van der Waals surface area contributed by atoms with Crippen LogP contribution in [0.25, 0.3) is 26.7 Å². The zero-order chi connectivity index (χ0) is 18.1. The minimum Gasteiger partial charge on any atom is -0.493 e. The van der Waals surface area contributed by atoms with E-state index in [4.69, 9.17) is 9.47 Å². The molecule has 0 amide bonds. The lowest BCUT2D eigenvalue weighted by Gasteiger charge is -2.08. The molecule has 0 unspecified atom stereocenters. The summed E-state index contributed by atoms with van der Waals surface area (Å²) in [6.45, 7) is 0. The Morgan fingerprint density at radius 3 is 2.46 bits per heavy atom. The van der Waals surface area contributed by atoms with Crippen LogP contribution in [-0.4, -0.2) is 29.9 Å². The van der Waals surface area contributed by atoms with Gasteiger partial charge in [-0.1, -0.05) is 41.7 Å². The minimum atomic E-state index is 0.519. The van der Waals surface area contributed by atoms with Crippen molar-refractivity contribution in [3.8, 4) is 33.2 Å². The summed E-state index contributed by atoms with van der Waals surface area (Å²) < 4.78 is 12.5. The second-order valence-electron chi connectivity index (χ2n) is 5.65. The number of hydrogen-bond acceptors (Lipinski definition) is 5. The average Bonchev–Trinajstić information content (AvgIpc) is 3.25. The predicted molar refractivity (Wildman–Crippen MR) is 102 cm³/mol. The molecule has 0 saturated carbocycles. The lowest BCUT2D eigenvalue weighted by atomic mass is 10.1. The molecule has 130 valence electrons. The van der Waals surface area contributed by atoms with Crippen LogP contribution in [0, 0.1) is 0 Å². The maximum atomic E-state index is 11.8. The molecule has 0 bridgehead atoms. The van der Waals surface area contributed by atoms with Crippen LogP contribution in [0.2, 0.25) is 0 Å². The first-order valence-electron chi connectivity index (χ1n) is 8.00. The molecule has 0 saturated heterocycles. The zero-order valence-corrected chi connectivity index (χ0v) is 15.1. The van der Waals surface area contributed by atoms with Crippen LogP contribution in [-0.2, 0) is 0 Å². The van der Waals surface area contributed by atoms with E-state index in [1.807, 2.05) is 59.1 Å². The quantitative estimate of drug-likeness (QED) is 0.487. The topological polar surface area (TPSA) is 52.8 Å². The highest BCUT2D eigenvalue weighted by atomic mass is 32.1. The second-order valence-corrected chi connectivity index (χ2v) is 6.66. The van der Waals surface area contributed by atoms with Gasteiger partial charge in [-0.25, -0.2) is 4.98 Å². The summed E-state index contributed by atoms with van der Waals surface area (Å²) in [5, 5.41) is 0. The Balaban J connectivity index is 1.84. The number of benzene rings is 2. The molecule has 0 aliphatic heterocycles. The number of carbonyl (C=O) groups excluding carboxylic acids is 1. The van der Waals surface area contributed by atoms with E-state index in [-0.39, 0.29) is 0 Å². The monoisotopic (exact) mass is 364 g/mol. The third-order valence-electron chi connectivity index (χ3n) is 4.19. The summed E-state index contributed by atoms with van der Waals surface area (Å²) >= 11 is 1.55. The van der Waals surface area contributed by atoms with Gasteiger partial charge in [-0.05, 0) is 23.8 Å². The molecule has 0 aliphatic rings. The maximum absolute atomic E-state index is 11.8. The van der Waals surface area contributed by atoms with E-state index < -0.39 is 0 Å². The predicted octanol–water partition coefficient (Wildman–Crippen LogP) is 4.56. The van der Waals surface area contributed by atoms with Crippen LogP contribution < -0.4 is 9.47 Å². The summed E-state index contributed by atoms with van der Waals surface area (Å²) in [5.41, 5.74) is 3.06. The van der Waals surface area contributed by atoms with Crippen LogP contribution >= 0.6 is 11.3 Å². The van der Waals surface area contributed by atoms with Gasteiger partial charge in [-0.15, -0.1) is 0 Å². The average molecular weight is 364 g/mol. The fourth-order valence-electron chi connectivity index (χ4n) is 2.91. The molecular formula is C20H16N2O3S. The van der Waals surface area contributed by atoms with Gasteiger partial charge in [0.2, 0.25) is 0 Å². The van der Waals surface area contributed by atoms with Crippen LogP contribution in [0.15, 0.2) is 54.7 Å². The van der Waals surface area contributed by atoms with Crippen LogP contribution in [0.3, 0.4) is 0 Å². The van der Waals surface area contributed by atoms with E-state index in [9.17, 15) is 4.79 Å². The van der Waals surface area contributed by atoms with Gasteiger partial charge in [0.05, 0.1) is 19.1 Å². The van der Waals surface area contributed by atoms with Gasteiger partial charge in [0, 0.05) is 11.8 Å². The van der Waals surface area contributed by atoms with Gasteiger partial charge >= 0.3 is 0 Å². The third-order valence-corrected chi connectivity index (χ3v) is 5.22. The number of nitrogens with zero attached hydrogens (tertiary/aromatic N) is 2. The maximum Gasteiger partial charge on any atom is 0.195 e. The van der Waals surface area contributed by atoms with Gasteiger partial charge in [0.15, 0.2) is 22.7 Å². The molecule has 0 spiro atoms. The van der Waals surface area contributed by atoms with Gasteiger partial charge in [-0.3, -0.25) is 9.20 Å². The molecule has 5 nitrogen and oxygen atoms in total. The Morgan fingerprint density at radius 1 is 1.00 bits per heavy atom. The molecule has 6 heteroatoms. The molecule has 4 rings (SSSR count). The Morgan fingerprint density at radius 2 is 1.77 bits per heavy atom. The fraction of sp³-hybridized carbons (Fsp3) is 0.100. The molecule has 26 heavy (non-hydrogen) atoms. The number of thiazole rings is 1. The van der Waals surface area contributed by atoms with Crippen molar-refractivity contribution in [1.82, 2.24) is 9.38 Å². The van der Waals surface area contributed by atoms with Crippen molar-refractivity contribution in [2.75, 3.05) is 14.2 Å². The summed E-state index contributed by atoms with van der Waals surface area (Å²) in [5.74, 6) is 1.24. The summed E-state index contributed by atoms with van der Waals surface area (Å²) in [6, 6.07) is 15.6. The second kappa shape index (κ2) is 6.65. The summed E-state index contributed by atoms with van der Waals surface area (Å²) in [4.78, 5) is 18.3. The van der Waals surface area contributed by atoms with Crippen molar-refractivity contribution in [3.63, 3.8) is 0 Å².